The molecule has 3 rings (SSSR count). The quantitative estimate of drug-likeness (QED) is 0.497. The lowest BCUT2D eigenvalue weighted by molar-refractivity contribution is -0.141. The van der Waals surface area contributed by atoms with Crippen LogP contribution in [0.4, 0.5) is 0 Å². The van der Waals surface area contributed by atoms with E-state index in [9.17, 15) is 9.59 Å². The molecule has 0 bridgehead atoms. The molecule has 1 aliphatic rings. The standard InChI is InChI=1S/C24H32N2O4S/c1-4-12-26(24(28)19-8-9-19)17-23(27)25(16-20-6-5-14-31-20)13-11-18-7-10-21(29-2)22(15-18)30-3/h5-7,10,14-15,19H,4,8-9,11-13,16-17H2,1-3H3. The third kappa shape index (κ3) is 6.47. The number of rotatable bonds is 12. The number of thiophene rings is 1. The molecule has 0 aliphatic heterocycles. The van der Waals surface area contributed by atoms with Crippen LogP contribution in [0.2, 0.25) is 0 Å². The predicted octanol–water partition coefficient (Wildman–Crippen LogP) is 3.99. The van der Waals surface area contributed by atoms with E-state index in [2.05, 4.69) is 0 Å². The summed E-state index contributed by atoms with van der Waals surface area (Å²) in [5.74, 6) is 1.62. The molecule has 1 saturated carbocycles. The van der Waals surface area contributed by atoms with Gasteiger partial charge < -0.3 is 19.3 Å². The third-order valence-electron chi connectivity index (χ3n) is 5.46. The van der Waals surface area contributed by atoms with Gasteiger partial charge in [0.15, 0.2) is 11.5 Å². The minimum Gasteiger partial charge on any atom is -0.493 e. The Morgan fingerprint density at radius 2 is 1.84 bits per heavy atom. The average Bonchev–Trinajstić information content (AvgIpc) is 3.51. The van der Waals surface area contributed by atoms with Gasteiger partial charge in [0, 0.05) is 23.9 Å². The minimum atomic E-state index is -0.00340. The fourth-order valence-electron chi connectivity index (χ4n) is 3.57. The van der Waals surface area contributed by atoms with Crippen LogP contribution >= 0.6 is 11.3 Å². The second-order valence-electron chi connectivity index (χ2n) is 7.87. The zero-order valence-electron chi connectivity index (χ0n) is 18.6. The van der Waals surface area contributed by atoms with E-state index in [4.69, 9.17) is 9.47 Å². The summed E-state index contributed by atoms with van der Waals surface area (Å²) in [6.07, 6.45) is 3.45. The molecule has 0 saturated heterocycles. The number of amides is 2. The highest BCUT2D eigenvalue weighted by Gasteiger charge is 2.34. The highest BCUT2D eigenvalue weighted by Crippen LogP contribution is 2.31. The van der Waals surface area contributed by atoms with Gasteiger partial charge in [0.1, 0.15) is 0 Å². The van der Waals surface area contributed by atoms with E-state index in [0.29, 0.717) is 37.6 Å². The maximum atomic E-state index is 13.2. The second kappa shape index (κ2) is 11.2. The van der Waals surface area contributed by atoms with Crippen molar-refractivity contribution in [2.45, 2.75) is 39.2 Å². The number of carbonyl (C=O) groups is 2. The van der Waals surface area contributed by atoms with Gasteiger partial charge in [-0.1, -0.05) is 19.1 Å². The largest absolute Gasteiger partial charge is 0.493 e. The molecule has 31 heavy (non-hydrogen) atoms. The molecule has 0 unspecified atom stereocenters. The lowest BCUT2D eigenvalue weighted by Gasteiger charge is -2.27. The summed E-state index contributed by atoms with van der Waals surface area (Å²) in [5.41, 5.74) is 1.07. The molecule has 1 heterocycles. The SMILES string of the molecule is CCCN(CC(=O)N(CCc1ccc(OC)c(OC)c1)Cc1cccs1)C(=O)C1CC1. The Hall–Kier alpha value is -2.54. The summed E-state index contributed by atoms with van der Waals surface area (Å²) in [4.78, 5) is 30.6. The molecule has 0 spiro atoms. The van der Waals surface area contributed by atoms with E-state index in [0.717, 1.165) is 29.7 Å². The second-order valence-corrected chi connectivity index (χ2v) is 8.90. The molecular formula is C24H32N2O4S. The first-order chi connectivity index (χ1) is 15.0. The van der Waals surface area contributed by atoms with Crippen LogP contribution in [-0.4, -0.2) is 55.5 Å². The highest BCUT2D eigenvalue weighted by atomic mass is 32.1. The Balaban J connectivity index is 1.69. The van der Waals surface area contributed by atoms with E-state index in [1.54, 1.807) is 30.5 Å². The number of benzene rings is 1. The molecule has 0 N–H and O–H groups in total. The minimum absolute atomic E-state index is 0.00340. The predicted molar refractivity (Wildman–Crippen MR) is 123 cm³/mol. The van der Waals surface area contributed by atoms with E-state index in [1.807, 2.05) is 47.5 Å². The monoisotopic (exact) mass is 444 g/mol. The van der Waals surface area contributed by atoms with Crippen molar-refractivity contribution in [2.24, 2.45) is 5.92 Å². The van der Waals surface area contributed by atoms with Crippen LogP contribution in [-0.2, 0) is 22.6 Å². The van der Waals surface area contributed by atoms with Crippen molar-refractivity contribution in [3.05, 3.63) is 46.2 Å². The van der Waals surface area contributed by atoms with Gasteiger partial charge in [-0.25, -0.2) is 0 Å². The van der Waals surface area contributed by atoms with Gasteiger partial charge >= 0.3 is 0 Å². The van der Waals surface area contributed by atoms with Crippen molar-refractivity contribution in [2.75, 3.05) is 33.9 Å². The summed E-state index contributed by atoms with van der Waals surface area (Å²) >= 11 is 1.64. The van der Waals surface area contributed by atoms with Crippen LogP contribution in [0, 0.1) is 5.92 Å². The number of hydrogen-bond acceptors (Lipinski definition) is 5. The number of carbonyl (C=O) groups excluding carboxylic acids is 2. The topological polar surface area (TPSA) is 59.1 Å². The number of hydrogen-bond donors (Lipinski definition) is 0. The van der Waals surface area contributed by atoms with Crippen LogP contribution in [0.25, 0.3) is 0 Å². The van der Waals surface area contributed by atoms with Crippen molar-refractivity contribution in [1.82, 2.24) is 9.80 Å². The summed E-state index contributed by atoms with van der Waals surface area (Å²) in [6, 6.07) is 9.87. The Morgan fingerprint density at radius 1 is 1.06 bits per heavy atom. The van der Waals surface area contributed by atoms with E-state index in [1.165, 1.54) is 0 Å². The van der Waals surface area contributed by atoms with Crippen LogP contribution in [0.1, 0.15) is 36.6 Å². The lowest BCUT2D eigenvalue weighted by atomic mass is 10.1. The van der Waals surface area contributed by atoms with Crippen LogP contribution in [0.15, 0.2) is 35.7 Å². The van der Waals surface area contributed by atoms with Crippen molar-refractivity contribution in [1.29, 1.82) is 0 Å². The Kier molecular flexibility index (Phi) is 8.35. The molecule has 0 radical (unpaired) electrons. The first-order valence-corrected chi connectivity index (χ1v) is 11.7. The maximum Gasteiger partial charge on any atom is 0.242 e. The smallest absolute Gasteiger partial charge is 0.242 e. The molecule has 2 amide bonds. The van der Waals surface area contributed by atoms with E-state index >= 15 is 0 Å². The molecule has 1 fully saturated rings. The van der Waals surface area contributed by atoms with Gasteiger partial charge in [0.2, 0.25) is 11.8 Å². The van der Waals surface area contributed by atoms with Gasteiger partial charge in [-0.3, -0.25) is 9.59 Å². The molecule has 1 aromatic carbocycles. The fraction of sp³-hybridized carbons (Fsp3) is 0.500. The molecule has 1 aromatic heterocycles. The van der Waals surface area contributed by atoms with Gasteiger partial charge in [-0.2, -0.15) is 0 Å². The lowest BCUT2D eigenvalue weighted by Crippen LogP contribution is -2.44. The first-order valence-electron chi connectivity index (χ1n) is 10.9. The summed E-state index contributed by atoms with van der Waals surface area (Å²) in [6.45, 7) is 3.95. The third-order valence-corrected chi connectivity index (χ3v) is 6.32. The molecule has 6 nitrogen and oxygen atoms in total. The molecule has 2 aromatic rings. The molecule has 1 aliphatic carbocycles. The maximum absolute atomic E-state index is 13.2. The van der Waals surface area contributed by atoms with Gasteiger partial charge in [0.25, 0.3) is 0 Å². The van der Waals surface area contributed by atoms with Crippen molar-refractivity contribution >= 4 is 23.2 Å². The molecule has 168 valence electrons. The zero-order chi connectivity index (χ0) is 22.2. The van der Waals surface area contributed by atoms with Crippen LogP contribution in [0.5, 0.6) is 11.5 Å². The van der Waals surface area contributed by atoms with Crippen LogP contribution < -0.4 is 9.47 Å². The normalized spacial score (nSPS) is 13.0. The highest BCUT2D eigenvalue weighted by molar-refractivity contribution is 7.09. The summed E-state index contributed by atoms with van der Waals surface area (Å²) in [7, 11) is 3.23. The molecule has 7 heteroatoms. The van der Waals surface area contributed by atoms with Gasteiger partial charge in [0.05, 0.1) is 27.3 Å². The van der Waals surface area contributed by atoms with Crippen molar-refractivity contribution in [3.8, 4) is 11.5 Å². The van der Waals surface area contributed by atoms with Crippen molar-refractivity contribution < 1.29 is 19.1 Å². The Bertz CT molecular complexity index is 864. The summed E-state index contributed by atoms with van der Waals surface area (Å²) < 4.78 is 10.7. The zero-order valence-corrected chi connectivity index (χ0v) is 19.5. The van der Waals surface area contributed by atoms with Gasteiger partial charge in [-0.05, 0) is 54.8 Å². The molecule has 0 atom stereocenters. The first kappa shape index (κ1) is 23.1. The van der Waals surface area contributed by atoms with E-state index < -0.39 is 0 Å². The number of nitrogens with zero attached hydrogens (tertiary/aromatic N) is 2. The van der Waals surface area contributed by atoms with E-state index in [-0.39, 0.29) is 24.3 Å². The fourth-order valence-corrected chi connectivity index (χ4v) is 4.29. The molecular weight excluding hydrogens is 412 g/mol. The van der Waals surface area contributed by atoms with Crippen LogP contribution in [0.3, 0.4) is 0 Å². The number of ether oxygens (including phenoxy) is 2. The Labute approximate surface area is 188 Å². The van der Waals surface area contributed by atoms with Gasteiger partial charge in [-0.15, -0.1) is 11.3 Å². The number of methoxy groups -OCH3 is 2. The Morgan fingerprint density at radius 3 is 2.45 bits per heavy atom. The summed E-state index contributed by atoms with van der Waals surface area (Å²) in [5, 5.41) is 2.02. The van der Waals surface area contributed by atoms with Crippen molar-refractivity contribution in [3.63, 3.8) is 0 Å². The average molecular weight is 445 g/mol.